The zero-order chi connectivity index (χ0) is 14.5. The van der Waals surface area contributed by atoms with Crippen LogP contribution in [0.4, 0.5) is 0 Å². The number of nitrogens with zero attached hydrogens (tertiary/aromatic N) is 1. The fourth-order valence-corrected chi connectivity index (χ4v) is 3.61. The molecule has 0 spiro atoms. The number of hydrogen-bond acceptors (Lipinski definition) is 2. The molecule has 20 heavy (non-hydrogen) atoms. The highest BCUT2D eigenvalue weighted by molar-refractivity contribution is 5.79. The number of carbonyl (C=O) groups excluding carboxylic acids is 1. The second-order valence-electron chi connectivity index (χ2n) is 7.19. The summed E-state index contributed by atoms with van der Waals surface area (Å²) < 4.78 is 0. The highest BCUT2D eigenvalue weighted by Crippen LogP contribution is 2.30. The first-order valence-corrected chi connectivity index (χ1v) is 8.61. The molecular formula is C17H32N2O. The lowest BCUT2D eigenvalue weighted by molar-refractivity contribution is -0.139. The van der Waals surface area contributed by atoms with E-state index >= 15 is 0 Å². The predicted octanol–water partition coefficient (Wildman–Crippen LogP) is 3.19. The lowest BCUT2D eigenvalue weighted by Gasteiger charge is -2.37. The Bertz CT molecular complexity index is 302. The zero-order valence-electron chi connectivity index (χ0n) is 13.5. The molecule has 1 aliphatic carbocycles. The van der Waals surface area contributed by atoms with Crippen LogP contribution in [0.1, 0.15) is 65.7 Å². The zero-order valence-corrected chi connectivity index (χ0v) is 13.5. The molecule has 1 heterocycles. The molecule has 1 atom stereocenters. The summed E-state index contributed by atoms with van der Waals surface area (Å²) in [6.07, 6.45) is 8.46. The van der Waals surface area contributed by atoms with Gasteiger partial charge in [0.05, 0.1) is 0 Å². The molecule has 2 aliphatic rings. The van der Waals surface area contributed by atoms with Crippen molar-refractivity contribution in [2.45, 2.75) is 77.8 Å². The first kappa shape index (κ1) is 15.8. The lowest BCUT2D eigenvalue weighted by atomic mass is 9.82. The highest BCUT2D eigenvalue weighted by Gasteiger charge is 2.30. The van der Waals surface area contributed by atoms with Gasteiger partial charge in [0, 0.05) is 24.5 Å². The third kappa shape index (κ3) is 4.21. The summed E-state index contributed by atoms with van der Waals surface area (Å²) in [6.45, 7) is 8.65. The van der Waals surface area contributed by atoms with Crippen LogP contribution in [0.3, 0.4) is 0 Å². The minimum atomic E-state index is 0.289. The molecule has 3 nitrogen and oxygen atoms in total. The van der Waals surface area contributed by atoms with Gasteiger partial charge in [-0.1, -0.05) is 13.3 Å². The number of hydrogen-bond donors (Lipinski definition) is 1. The van der Waals surface area contributed by atoms with Crippen molar-refractivity contribution in [2.24, 2.45) is 11.8 Å². The van der Waals surface area contributed by atoms with Crippen molar-refractivity contribution >= 4 is 5.91 Å². The van der Waals surface area contributed by atoms with Gasteiger partial charge in [-0.15, -0.1) is 0 Å². The molecule has 0 aromatic heterocycles. The van der Waals surface area contributed by atoms with Crippen LogP contribution in [0, 0.1) is 11.8 Å². The molecule has 1 aliphatic heterocycles. The molecule has 1 unspecified atom stereocenters. The van der Waals surface area contributed by atoms with Crippen LogP contribution in [0.25, 0.3) is 0 Å². The summed E-state index contributed by atoms with van der Waals surface area (Å²) in [5.74, 6) is 1.52. The van der Waals surface area contributed by atoms with Gasteiger partial charge in [-0.05, 0) is 64.8 Å². The van der Waals surface area contributed by atoms with E-state index in [1.54, 1.807) is 0 Å². The van der Waals surface area contributed by atoms with E-state index in [4.69, 9.17) is 0 Å². The van der Waals surface area contributed by atoms with Crippen molar-refractivity contribution < 1.29 is 4.79 Å². The van der Waals surface area contributed by atoms with Gasteiger partial charge in [-0.3, -0.25) is 4.79 Å². The molecule has 0 aromatic carbocycles. The second kappa shape index (κ2) is 7.44. The fraction of sp³-hybridized carbons (Fsp3) is 0.941. The van der Waals surface area contributed by atoms with Crippen LogP contribution >= 0.6 is 0 Å². The van der Waals surface area contributed by atoms with Gasteiger partial charge in [0.1, 0.15) is 0 Å². The molecular weight excluding hydrogens is 248 g/mol. The molecule has 0 radical (unpaired) electrons. The van der Waals surface area contributed by atoms with Gasteiger partial charge in [-0.25, -0.2) is 0 Å². The first-order valence-electron chi connectivity index (χ1n) is 8.61. The van der Waals surface area contributed by atoms with Crippen molar-refractivity contribution in [3.8, 4) is 0 Å². The van der Waals surface area contributed by atoms with Gasteiger partial charge in [0.15, 0.2) is 0 Å². The van der Waals surface area contributed by atoms with E-state index in [9.17, 15) is 4.79 Å². The smallest absolute Gasteiger partial charge is 0.225 e. The summed E-state index contributed by atoms with van der Waals surface area (Å²) >= 11 is 0. The van der Waals surface area contributed by atoms with Crippen molar-refractivity contribution in [3.63, 3.8) is 0 Å². The maximum absolute atomic E-state index is 12.8. The molecule has 1 amide bonds. The summed E-state index contributed by atoms with van der Waals surface area (Å²) in [5.41, 5.74) is 0. The van der Waals surface area contributed by atoms with Crippen LogP contribution in [0.15, 0.2) is 0 Å². The van der Waals surface area contributed by atoms with Gasteiger partial charge in [-0.2, -0.15) is 0 Å². The Hall–Kier alpha value is -0.570. The van der Waals surface area contributed by atoms with Crippen LogP contribution in [-0.4, -0.2) is 36.0 Å². The number of rotatable bonds is 4. The van der Waals surface area contributed by atoms with Crippen LogP contribution in [0.2, 0.25) is 0 Å². The fourth-order valence-electron chi connectivity index (χ4n) is 3.61. The van der Waals surface area contributed by atoms with Crippen molar-refractivity contribution in [3.05, 3.63) is 0 Å². The number of piperidine rings is 1. The summed E-state index contributed by atoms with van der Waals surface area (Å²) in [7, 11) is 0. The second-order valence-corrected chi connectivity index (χ2v) is 7.19. The highest BCUT2D eigenvalue weighted by atomic mass is 16.2. The molecule has 0 aromatic rings. The van der Waals surface area contributed by atoms with Gasteiger partial charge < -0.3 is 10.2 Å². The maximum Gasteiger partial charge on any atom is 0.225 e. The van der Waals surface area contributed by atoms with Gasteiger partial charge in [0.2, 0.25) is 5.91 Å². The standard InChI is InChI=1S/C17H32N2O/c1-13(2)19(12-16-6-4-5-11-18-16)17(20)15-9-7-14(3)8-10-15/h13-16,18H,4-12H2,1-3H3. The van der Waals surface area contributed by atoms with E-state index in [0.717, 1.165) is 31.8 Å². The van der Waals surface area contributed by atoms with Crippen molar-refractivity contribution in [2.75, 3.05) is 13.1 Å². The molecule has 2 fully saturated rings. The Labute approximate surface area is 124 Å². The van der Waals surface area contributed by atoms with E-state index in [1.165, 1.54) is 32.1 Å². The Morgan fingerprint density at radius 1 is 1.15 bits per heavy atom. The van der Waals surface area contributed by atoms with E-state index in [1.807, 2.05) is 0 Å². The topological polar surface area (TPSA) is 32.3 Å². The average Bonchev–Trinajstić information content (AvgIpc) is 2.45. The molecule has 2 rings (SSSR count). The molecule has 1 saturated heterocycles. The quantitative estimate of drug-likeness (QED) is 0.857. The Balaban J connectivity index is 1.91. The largest absolute Gasteiger partial charge is 0.338 e. The average molecular weight is 280 g/mol. The molecule has 3 heteroatoms. The van der Waals surface area contributed by atoms with Gasteiger partial charge in [0.25, 0.3) is 0 Å². The summed E-state index contributed by atoms with van der Waals surface area (Å²) in [4.78, 5) is 15.0. The van der Waals surface area contributed by atoms with Crippen LogP contribution in [-0.2, 0) is 4.79 Å². The van der Waals surface area contributed by atoms with Crippen LogP contribution < -0.4 is 5.32 Å². The molecule has 0 bridgehead atoms. The predicted molar refractivity (Wildman–Crippen MR) is 83.6 cm³/mol. The molecule has 1 saturated carbocycles. The van der Waals surface area contributed by atoms with Crippen LogP contribution in [0.5, 0.6) is 0 Å². The lowest BCUT2D eigenvalue weighted by Crippen LogP contribution is -2.50. The van der Waals surface area contributed by atoms with E-state index in [0.29, 0.717) is 18.0 Å². The SMILES string of the molecule is CC1CCC(C(=O)N(CC2CCCCN2)C(C)C)CC1. The number of amides is 1. The minimum absolute atomic E-state index is 0.289. The monoisotopic (exact) mass is 280 g/mol. The number of nitrogens with one attached hydrogen (secondary N) is 1. The summed E-state index contributed by atoms with van der Waals surface area (Å²) in [5, 5.41) is 3.58. The minimum Gasteiger partial charge on any atom is -0.338 e. The third-order valence-electron chi connectivity index (χ3n) is 5.10. The first-order chi connectivity index (χ1) is 9.58. The number of carbonyl (C=O) groups is 1. The normalized spacial score (nSPS) is 31.3. The molecule has 1 N–H and O–H groups in total. The van der Waals surface area contributed by atoms with E-state index < -0.39 is 0 Å². The molecule has 116 valence electrons. The van der Waals surface area contributed by atoms with E-state index in [-0.39, 0.29) is 5.92 Å². The van der Waals surface area contributed by atoms with Crippen molar-refractivity contribution in [1.29, 1.82) is 0 Å². The van der Waals surface area contributed by atoms with Gasteiger partial charge >= 0.3 is 0 Å². The van der Waals surface area contributed by atoms with Crippen molar-refractivity contribution in [1.82, 2.24) is 10.2 Å². The maximum atomic E-state index is 12.8. The summed E-state index contributed by atoms with van der Waals surface area (Å²) in [6, 6.07) is 0.836. The Morgan fingerprint density at radius 3 is 2.40 bits per heavy atom. The van der Waals surface area contributed by atoms with E-state index in [2.05, 4.69) is 31.0 Å². The third-order valence-corrected chi connectivity index (χ3v) is 5.10. The Kier molecular flexibility index (Phi) is 5.88. The Morgan fingerprint density at radius 2 is 1.85 bits per heavy atom.